The molecule has 164 valence electrons. The second-order valence-electron chi connectivity index (χ2n) is 7.42. The van der Waals surface area contributed by atoms with Gasteiger partial charge in [-0.1, -0.05) is 48.5 Å². The third-order valence-electron chi connectivity index (χ3n) is 5.47. The molecule has 0 radical (unpaired) electrons. The number of halogens is 1. The molecular formula is C24H30IN5O. The second kappa shape index (κ2) is 12.0. The van der Waals surface area contributed by atoms with Gasteiger partial charge in [0.2, 0.25) is 0 Å². The van der Waals surface area contributed by atoms with Crippen molar-refractivity contribution in [3.8, 4) is 0 Å². The molecule has 2 aromatic carbocycles. The molecule has 1 fully saturated rings. The number of morpholine rings is 1. The van der Waals surface area contributed by atoms with Crippen molar-refractivity contribution < 1.29 is 4.74 Å². The molecule has 1 saturated heterocycles. The van der Waals surface area contributed by atoms with Crippen LogP contribution in [0.5, 0.6) is 0 Å². The molecule has 1 aliphatic heterocycles. The van der Waals surface area contributed by atoms with Crippen LogP contribution in [0.1, 0.15) is 16.8 Å². The molecule has 0 bridgehead atoms. The highest BCUT2D eigenvalue weighted by atomic mass is 127. The molecule has 31 heavy (non-hydrogen) atoms. The summed E-state index contributed by atoms with van der Waals surface area (Å²) >= 11 is 0. The number of benzene rings is 2. The van der Waals surface area contributed by atoms with E-state index in [0.29, 0.717) is 6.54 Å². The van der Waals surface area contributed by atoms with Crippen molar-refractivity contribution in [1.29, 1.82) is 0 Å². The summed E-state index contributed by atoms with van der Waals surface area (Å²) in [6, 6.07) is 19.0. The average Bonchev–Trinajstić information content (AvgIpc) is 2.81. The van der Waals surface area contributed by atoms with Crippen LogP contribution in [0, 0.1) is 0 Å². The zero-order valence-electron chi connectivity index (χ0n) is 17.9. The van der Waals surface area contributed by atoms with Crippen molar-refractivity contribution in [3.05, 3.63) is 77.6 Å². The smallest absolute Gasteiger partial charge is 0.191 e. The highest BCUT2D eigenvalue weighted by Crippen LogP contribution is 2.16. The fourth-order valence-corrected chi connectivity index (χ4v) is 3.77. The largest absolute Gasteiger partial charge is 0.379 e. The van der Waals surface area contributed by atoms with Gasteiger partial charge in [0, 0.05) is 44.8 Å². The fourth-order valence-electron chi connectivity index (χ4n) is 3.77. The number of nitrogens with zero attached hydrogens (tertiary/aromatic N) is 3. The molecule has 2 heterocycles. The van der Waals surface area contributed by atoms with Gasteiger partial charge in [-0.05, 0) is 22.6 Å². The number of pyridine rings is 1. The van der Waals surface area contributed by atoms with E-state index < -0.39 is 0 Å². The molecule has 0 amide bonds. The highest BCUT2D eigenvalue weighted by molar-refractivity contribution is 14.0. The Morgan fingerprint density at radius 3 is 2.48 bits per heavy atom. The van der Waals surface area contributed by atoms with Gasteiger partial charge in [0.05, 0.1) is 25.5 Å². The number of aliphatic imine (C=N–C) groups is 1. The number of nitrogens with one attached hydrogen (secondary N) is 2. The minimum Gasteiger partial charge on any atom is -0.379 e. The number of hydrogen-bond donors (Lipinski definition) is 2. The Bertz CT molecular complexity index is 999. The van der Waals surface area contributed by atoms with Gasteiger partial charge < -0.3 is 15.4 Å². The third-order valence-corrected chi connectivity index (χ3v) is 5.47. The highest BCUT2D eigenvalue weighted by Gasteiger charge is 2.13. The summed E-state index contributed by atoms with van der Waals surface area (Å²) in [6.45, 7) is 5.91. The Balaban J connectivity index is 0.00000272. The number of fused-ring (bicyclic) bond motifs is 1. The first-order valence-corrected chi connectivity index (χ1v) is 10.5. The van der Waals surface area contributed by atoms with Gasteiger partial charge >= 0.3 is 0 Å². The maximum absolute atomic E-state index is 5.47. The average molecular weight is 531 g/mol. The van der Waals surface area contributed by atoms with Crippen molar-refractivity contribution in [3.63, 3.8) is 0 Å². The Morgan fingerprint density at radius 2 is 1.68 bits per heavy atom. The number of guanidine groups is 1. The zero-order valence-corrected chi connectivity index (χ0v) is 20.2. The molecule has 2 N–H and O–H groups in total. The van der Waals surface area contributed by atoms with Gasteiger partial charge in [0.1, 0.15) is 0 Å². The first-order valence-electron chi connectivity index (χ1n) is 10.5. The number of rotatable bonds is 6. The van der Waals surface area contributed by atoms with Crippen LogP contribution in [-0.2, 0) is 24.4 Å². The molecule has 0 atom stereocenters. The molecular weight excluding hydrogens is 501 g/mol. The Kier molecular flexibility index (Phi) is 9.05. The van der Waals surface area contributed by atoms with Gasteiger partial charge in [-0.15, -0.1) is 24.0 Å². The van der Waals surface area contributed by atoms with Crippen molar-refractivity contribution in [2.45, 2.75) is 19.6 Å². The van der Waals surface area contributed by atoms with Gasteiger partial charge in [-0.2, -0.15) is 0 Å². The van der Waals surface area contributed by atoms with E-state index in [2.05, 4.69) is 61.9 Å². The van der Waals surface area contributed by atoms with Gasteiger partial charge in [0.25, 0.3) is 0 Å². The molecule has 7 heteroatoms. The van der Waals surface area contributed by atoms with E-state index in [1.807, 2.05) is 24.4 Å². The molecule has 6 nitrogen and oxygen atoms in total. The molecule has 1 aliphatic rings. The number of ether oxygens (including phenoxy) is 1. The van der Waals surface area contributed by atoms with Gasteiger partial charge in [0.15, 0.2) is 5.96 Å². The summed E-state index contributed by atoms with van der Waals surface area (Å²) in [5.74, 6) is 0.769. The van der Waals surface area contributed by atoms with Crippen LogP contribution in [0.15, 0.2) is 65.8 Å². The standard InChI is InChI=1S/C24H29N5O.HI/c1-25-24(28-17-23-22-9-5-4-6-19(22)10-11-26-23)27-16-20-7-2-3-8-21(20)18-29-12-14-30-15-13-29;/h2-11H,12-18H2,1H3,(H2,25,27,28);1H. The summed E-state index contributed by atoms with van der Waals surface area (Å²) < 4.78 is 5.47. The van der Waals surface area contributed by atoms with E-state index >= 15 is 0 Å². The van der Waals surface area contributed by atoms with Crippen LogP contribution >= 0.6 is 24.0 Å². The summed E-state index contributed by atoms with van der Waals surface area (Å²) in [5.41, 5.74) is 3.65. The van der Waals surface area contributed by atoms with Crippen molar-refractivity contribution in [2.75, 3.05) is 33.4 Å². The molecule has 0 unspecified atom stereocenters. The van der Waals surface area contributed by atoms with Gasteiger partial charge in [-0.25, -0.2) is 0 Å². The van der Waals surface area contributed by atoms with Crippen LogP contribution in [0.4, 0.5) is 0 Å². The summed E-state index contributed by atoms with van der Waals surface area (Å²) in [5, 5.41) is 9.21. The van der Waals surface area contributed by atoms with E-state index in [1.165, 1.54) is 21.9 Å². The quantitative estimate of drug-likeness (QED) is 0.290. The lowest BCUT2D eigenvalue weighted by molar-refractivity contribution is 0.0341. The second-order valence-corrected chi connectivity index (χ2v) is 7.42. The lowest BCUT2D eigenvalue weighted by Crippen LogP contribution is -2.37. The third kappa shape index (κ3) is 6.38. The first-order chi connectivity index (χ1) is 14.8. The maximum Gasteiger partial charge on any atom is 0.191 e. The topological polar surface area (TPSA) is 61.8 Å². The van der Waals surface area contributed by atoms with Crippen LogP contribution in [0.2, 0.25) is 0 Å². The normalized spacial score (nSPS) is 14.8. The number of hydrogen-bond acceptors (Lipinski definition) is 4. The van der Waals surface area contributed by atoms with E-state index in [9.17, 15) is 0 Å². The lowest BCUT2D eigenvalue weighted by atomic mass is 10.1. The summed E-state index contributed by atoms with van der Waals surface area (Å²) in [4.78, 5) is 11.4. The minimum atomic E-state index is 0. The van der Waals surface area contributed by atoms with E-state index in [1.54, 1.807) is 7.05 Å². The monoisotopic (exact) mass is 531 g/mol. The van der Waals surface area contributed by atoms with Gasteiger partial charge in [-0.3, -0.25) is 14.9 Å². The van der Waals surface area contributed by atoms with Crippen LogP contribution < -0.4 is 10.6 Å². The minimum absolute atomic E-state index is 0. The Hall–Kier alpha value is -2.23. The first kappa shape index (κ1) is 23.4. The predicted molar refractivity (Wildman–Crippen MR) is 137 cm³/mol. The van der Waals surface area contributed by atoms with Crippen LogP contribution in [0.3, 0.4) is 0 Å². The summed E-state index contributed by atoms with van der Waals surface area (Å²) in [7, 11) is 1.80. The predicted octanol–water partition coefficient (Wildman–Crippen LogP) is 3.55. The van der Waals surface area contributed by atoms with Crippen LogP contribution in [-0.4, -0.2) is 49.2 Å². The molecule has 0 spiro atoms. The molecule has 0 saturated carbocycles. The molecule has 1 aromatic heterocycles. The lowest BCUT2D eigenvalue weighted by Gasteiger charge is -2.27. The van der Waals surface area contributed by atoms with E-state index in [0.717, 1.165) is 51.0 Å². The zero-order chi connectivity index (χ0) is 20.6. The summed E-state index contributed by atoms with van der Waals surface area (Å²) in [6.07, 6.45) is 1.86. The SMILES string of the molecule is CN=C(NCc1ccccc1CN1CCOCC1)NCc1nccc2ccccc12.I. The molecule has 4 rings (SSSR count). The Morgan fingerprint density at radius 1 is 0.968 bits per heavy atom. The molecule has 3 aromatic rings. The van der Waals surface area contributed by atoms with E-state index in [4.69, 9.17) is 4.74 Å². The van der Waals surface area contributed by atoms with Crippen LogP contribution in [0.25, 0.3) is 10.8 Å². The number of aromatic nitrogens is 1. The Labute approximate surface area is 201 Å². The maximum atomic E-state index is 5.47. The van der Waals surface area contributed by atoms with E-state index in [-0.39, 0.29) is 24.0 Å². The molecule has 0 aliphatic carbocycles. The fraction of sp³-hybridized carbons (Fsp3) is 0.333. The van der Waals surface area contributed by atoms with Crippen molar-refractivity contribution >= 4 is 40.7 Å². The van der Waals surface area contributed by atoms with Crippen molar-refractivity contribution in [2.24, 2.45) is 4.99 Å². The van der Waals surface area contributed by atoms with Crippen molar-refractivity contribution in [1.82, 2.24) is 20.5 Å².